The molecule has 4 N–H and O–H groups in total. The van der Waals surface area contributed by atoms with Crippen molar-refractivity contribution in [3.63, 3.8) is 0 Å². The molecule has 1 saturated heterocycles. The van der Waals surface area contributed by atoms with E-state index in [1.165, 1.54) is 35.9 Å². The van der Waals surface area contributed by atoms with Gasteiger partial charge in [0.25, 0.3) is 11.8 Å². The van der Waals surface area contributed by atoms with Crippen LogP contribution in [-0.4, -0.2) is 74.0 Å². The number of carbonyl (C=O) groups excluding carboxylic acids is 2. The van der Waals surface area contributed by atoms with Crippen LogP contribution in [0.5, 0.6) is 5.88 Å². The molecular formula is C22H22N8O6. The second-order valence-electron chi connectivity index (χ2n) is 8.20. The maximum atomic E-state index is 13.3. The van der Waals surface area contributed by atoms with Crippen LogP contribution in [0.25, 0.3) is 16.7 Å². The highest BCUT2D eigenvalue weighted by atomic mass is 16.5. The molecule has 1 aromatic carbocycles. The van der Waals surface area contributed by atoms with Crippen molar-refractivity contribution in [1.82, 2.24) is 25.1 Å². The van der Waals surface area contributed by atoms with E-state index in [2.05, 4.69) is 25.8 Å². The first kappa shape index (κ1) is 23.2. The second-order valence-corrected chi connectivity index (χ2v) is 8.20. The largest absolute Gasteiger partial charge is 0.480 e. The van der Waals surface area contributed by atoms with Gasteiger partial charge in [0.1, 0.15) is 0 Å². The molecule has 1 unspecified atom stereocenters. The summed E-state index contributed by atoms with van der Waals surface area (Å²) in [5.74, 6) is -0.614. The average Bonchev–Trinajstić information content (AvgIpc) is 3.51. The molecule has 1 aliphatic rings. The van der Waals surface area contributed by atoms with Crippen molar-refractivity contribution in [3.8, 4) is 11.6 Å². The third-order valence-electron chi connectivity index (χ3n) is 5.76. The van der Waals surface area contributed by atoms with Gasteiger partial charge >= 0.3 is 0 Å². The highest BCUT2D eigenvalue weighted by molar-refractivity contribution is 6.06. The van der Waals surface area contributed by atoms with Crippen molar-refractivity contribution < 1.29 is 28.7 Å². The number of aromatic nitrogens is 5. The van der Waals surface area contributed by atoms with Crippen LogP contribution in [-0.2, 0) is 14.3 Å². The van der Waals surface area contributed by atoms with Crippen LogP contribution >= 0.6 is 0 Å². The number of fused-ring (bicyclic) bond motifs is 1. The van der Waals surface area contributed by atoms with Gasteiger partial charge in [0, 0.05) is 30.1 Å². The van der Waals surface area contributed by atoms with Crippen molar-refractivity contribution in [3.05, 3.63) is 42.7 Å². The molecule has 14 nitrogen and oxygen atoms in total. The molecule has 2 atom stereocenters. The Hall–Kier alpha value is -4.56. The summed E-state index contributed by atoms with van der Waals surface area (Å²) in [6.45, 7) is 1.49. The fourth-order valence-corrected chi connectivity index (χ4v) is 3.79. The lowest BCUT2D eigenvalue weighted by atomic mass is 9.95. The maximum Gasteiger partial charge on any atom is 0.260 e. The standard InChI is InChI=1S/C22H22N8O6/c1-22(33,21(32)25-12-3-4-14-15(9-12)36-28-19(14)23)18-20(31)29(7-8-35-18)16-5-6-30(27-16)13-10-17(34-2)26-24-11-13/h3-6,9-11,18,33H,7-8H2,1-2H3,(H2,23,28)(H,25,32)/t18-,22?/m0/s1. The van der Waals surface area contributed by atoms with Gasteiger partial charge in [-0.2, -0.15) is 5.10 Å². The van der Waals surface area contributed by atoms with Crippen LogP contribution in [0, 0.1) is 0 Å². The monoisotopic (exact) mass is 494 g/mol. The van der Waals surface area contributed by atoms with Crippen molar-refractivity contribution in [1.29, 1.82) is 0 Å². The molecular weight excluding hydrogens is 472 g/mol. The summed E-state index contributed by atoms with van der Waals surface area (Å²) in [7, 11) is 1.47. The molecule has 4 aromatic rings. The summed E-state index contributed by atoms with van der Waals surface area (Å²) in [6.07, 6.45) is 1.66. The van der Waals surface area contributed by atoms with Gasteiger partial charge in [0.2, 0.25) is 5.88 Å². The smallest absolute Gasteiger partial charge is 0.260 e. The number of hydrogen-bond acceptors (Lipinski definition) is 11. The Kier molecular flexibility index (Phi) is 5.74. The Bertz CT molecular complexity index is 1450. The minimum atomic E-state index is -2.20. The molecule has 36 heavy (non-hydrogen) atoms. The van der Waals surface area contributed by atoms with Crippen LogP contribution in [0.1, 0.15) is 6.92 Å². The van der Waals surface area contributed by atoms with Gasteiger partial charge in [0.05, 0.1) is 37.5 Å². The van der Waals surface area contributed by atoms with Gasteiger partial charge in [-0.15, -0.1) is 10.2 Å². The van der Waals surface area contributed by atoms with Gasteiger partial charge < -0.3 is 30.2 Å². The lowest BCUT2D eigenvalue weighted by Gasteiger charge is -2.37. The van der Waals surface area contributed by atoms with E-state index in [0.717, 1.165) is 0 Å². The van der Waals surface area contributed by atoms with Crippen molar-refractivity contribution >= 4 is 40.1 Å². The number of nitrogens with one attached hydrogen (secondary N) is 1. The minimum absolute atomic E-state index is 0.0840. The minimum Gasteiger partial charge on any atom is -0.480 e. The molecule has 3 aromatic heterocycles. The first-order valence-corrected chi connectivity index (χ1v) is 10.8. The van der Waals surface area contributed by atoms with Crippen molar-refractivity contribution in [2.45, 2.75) is 18.6 Å². The highest BCUT2D eigenvalue weighted by Crippen LogP contribution is 2.27. The Morgan fingerprint density at radius 1 is 1.33 bits per heavy atom. The van der Waals surface area contributed by atoms with Crippen molar-refractivity contribution in [2.75, 3.05) is 36.2 Å². The third kappa shape index (κ3) is 4.08. The van der Waals surface area contributed by atoms with E-state index >= 15 is 0 Å². The number of rotatable bonds is 6. The topological polar surface area (TPSA) is 184 Å². The molecule has 0 saturated carbocycles. The SMILES string of the molecule is COc1cc(-n2ccc(N3CCO[C@H](C(C)(O)C(=O)Nc4ccc5c(N)noc5c4)C3=O)n2)cnn1. The first-order valence-electron chi connectivity index (χ1n) is 10.8. The molecule has 0 bridgehead atoms. The zero-order valence-corrected chi connectivity index (χ0v) is 19.3. The average molecular weight is 494 g/mol. The molecule has 1 aliphatic heterocycles. The number of amides is 2. The Morgan fingerprint density at radius 2 is 2.17 bits per heavy atom. The summed E-state index contributed by atoms with van der Waals surface area (Å²) in [5.41, 5.74) is 4.77. The fourth-order valence-electron chi connectivity index (χ4n) is 3.79. The van der Waals surface area contributed by atoms with Crippen LogP contribution in [0.4, 0.5) is 17.3 Å². The van der Waals surface area contributed by atoms with Crippen LogP contribution in [0.3, 0.4) is 0 Å². The molecule has 14 heteroatoms. The Balaban J connectivity index is 1.33. The van der Waals surface area contributed by atoms with Gasteiger partial charge in [-0.1, -0.05) is 5.16 Å². The molecule has 0 spiro atoms. The quantitative estimate of drug-likeness (QED) is 0.339. The number of ether oxygens (including phenoxy) is 2. The first-order chi connectivity index (χ1) is 17.3. The summed E-state index contributed by atoms with van der Waals surface area (Å²) >= 11 is 0. The number of nitrogen functional groups attached to an aromatic ring is 1. The van der Waals surface area contributed by atoms with Crippen LogP contribution in [0.2, 0.25) is 0 Å². The van der Waals surface area contributed by atoms with E-state index in [-0.39, 0.29) is 19.0 Å². The Labute approximate surface area is 203 Å². The number of carbonyl (C=O) groups is 2. The molecule has 5 rings (SSSR count). The molecule has 4 heterocycles. The summed E-state index contributed by atoms with van der Waals surface area (Å²) < 4.78 is 17.2. The van der Waals surface area contributed by atoms with Gasteiger partial charge in [-0.3, -0.25) is 14.5 Å². The zero-order valence-electron chi connectivity index (χ0n) is 19.3. The van der Waals surface area contributed by atoms with Gasteiger partial charge in [-0.05, 0) is 19.1 Å². The molecule has 0 radical (unpaired) electrons. The van der Waals surface area contributed by atoms with Crippen LogP contribution in [0.15, 0.2) is 47.2 Å². The molecule has 2 amide bonds. The number of nitrogens with zero attached hydrogens (tertiary/aromatic N) is 6. The number of aliphatic hydroxyl groups is 1. The normalized spacial score (nSPS) is 17.7. The van der Waals surface area contributed by atoms with Gasteiger partial charge in [0.15, 0.2) is 28.9 Å². The number of morpholine rings is 1. The Morgan fingerprint density at radius 3 is 2.97 bits per heavy atom. The predicted molar refractivity (Wildman–Crippen MR) is 125 cm³/mol. The number of nitrogens with two attached hydrogens (primary N) is 1. The van der Waals surface area contributed by atoms with E-state index < -0.39 is 23.5 Å². The van der Waals surface area contributed by atoms with E-state index in [0.29, 0.717) is 34.0 Å². The van der Waals surface area contributed by atoms with E-state index in [1.807, 2.05) is 0 Å². The maximum absolute atomic E-state index is 13.3. The summed E-state index contributed by atoms with van der Waals surface area (Å²) in [4.78, 5) is 27.6. The fraction of sp³-hybridized carbons (Fsp3) is 0.273. The summed E-state index contributed by atoms with van der Waals surface area (Å²) in [6, 6.07) is 7.97. The lowest BCUT2D eigenvalue weighted by Crippen LogP contribution is -2.61. The van der Waals surface area contributed by atoms with Gasteiger partial charge in [-0.25, -0.2) is 4.68 Å². The van der Waals surface area contributed by atoms with E-state index in [4.69, 9.17) is 19.7 Å². The second kappa shape index (κ2) is 8.90. The molecule has 0 aliphatic carbocycles. The zero-order chi connectivity index (χ0) is 25.4. The predicted octanol–water partition coefficient (Wildman–Crippen LogP) is 0.516. The van der Waals surface area contributed by atoms with E-state index in [1.54, 1.807) is 30.5 Å². The van der Waals surface area contributed by atoms with Crippen molar-refractivity contribution in [2.24, 2.45) is 0 Å². The number of anilines is 3. The summed E-state index contributed by atoms with van der Waals surface area (Å²) in [5, 5.41) is 30.0. The van der Waals surface area contributed by atoms with E-state index in [9.17, 15) is 14.7 Å². The van der Waals surface area contributed by atoms with Crippen LogP contribution < -0.4 is 20.7 Å². The number of benzene rings is 1. The number of hydrogen-bond donors (Lipinski definition) is 3. The molecule has 1 fully saturated rings. The third-order valence-corrected chi connectivity index (χ3v) is 5.76. The lowest BCUT2D eigenvalue weighted by molar-refractivity contribution is -0.165. The highest BCUT2D eigenvalue weighted by Gasteiger charge is 2.49. The molecule has 186 valence electrons. The number of methoxy groups -OCH3 is 1.